The molecule has 1 aromatic heterocycles. The summed E-state index contributed by atoms with van der Waals surface area (Å²) in [5.41, 5.74) is 4.28. The van der Waals surface area contributed by atoms with Crippen LogP contribution < -0.4 is 0 Å². The van der Waals surface area contributed by atoms with E-state index >= 15 is 0 Å². The van der Waals surface area contributed by atoms with Gasteiger partial charge in [-0.15, -0.1) is 0 Å². The van der Waals surface area contributed by atoms with Gasteiger partial charge in [0.2, 0.25) is 0 Å². The molecular formula is C16H13NO. The quantitative estimate of drug-likeness (QED) is 0.659. The van der Waals surface area contributed by atoms with E-state index in [1.54, 1.807) is 0 Å². The lowest BCUT2D eigenvalue weighted by molar-refractivity contribution is 0.533. The lowest BCUT2D eigenvalue weighted by Gasteiger charge is -1.99. The Hall–Kier alpha value is -2.09. The minimum atomic E-state index is 0.567. The van der Waals surface area contributed by atoms with Crippen molar-refractivity contribution >= 4 is 11.1 Å². The van der Waals surface area contributed by atoms with Gasteiger partial charge in [-0.2, -0.15) is 0 Å². The Kier molecular flexibility index (Phi) is 2.04. The van der Waals surface area contributed by atoms with E-state index in [-0.39, 0.29) is 0 Å². The molecule has 0 atom stereocenters. The molecule has 4 rings (SSSR count). The van der Waals surface area contributed by atoms with Crippen LogP contribution in [0, 0.1) is 0 Å². The van der Waals surface area contributed by atoms with Gasteiger partial charge in [-0.05, 0) is 36.1 Å². The Morgan fingerprint density at radius 3 is 2.56 bits per heavy atom. The van der Waals surface area contributed by atoms with E-state index in [1.165, 1.54) is 24.0 Å². The summed E-state index contributed by atoms with van der Waals surface area (Å²) in [4.78, 5) is 4.59. The molecule has 0 saturated heterocycles. The summed E-state index contributed by atoms with van der Waals surface area (Å²) in [6.45, 7) is 0. The van der Waals surface area contributed by atoms with Crippen molar-refractivity contribution in [1.29, 1.82) is 0 Å². The van der Waals surface area contributed by atoms with E-state index in [0.29, 0.717) is 5.92 Å². The fourth-order valence-electron chi connectivity index (χ4n) is 2.26. The molecule has 2 nitrogen and oxygen atoms in total. The zero-order valence-corrected chi connectivity index (χ0v) is 9.97. The summed E-state index contributed by atoms with van der Waals surface area (Å²) >= 11 is 0. The van der Waals surface area contributed by atoms with Crippen LogP contribution >= 0.6 is 0 Å². The molecule has 0 spiro atoms. The van der Waals surface area contributed by atoms with Crippen molar-refractivity contribution in [2.75, 3.05) is 0 Å². The molecule has 18 heavy (non-hydrogen) atoms. The van der Waals surface area contributed by atoms with E-state index < -0.39 is 0 Å². The molecule has 1 fully saturated rings. The van der Waals surface area contributed by atoms with Gasteiger partial charge >= 0.3 is 0 Å². The van der Waals surface area contributed by atoms with Gasteiger partial charge in [-0.25, -0.2) is 4.98 Å². The third-order valence-corrected chi connectivity index (χ3v) is 3.44. The van der Waals surface area contributed by atoms with Gasteiger partial charge in [0, 0.05) is 5.92 Å². The SMILES string of the molecule is c1ccc(-c2ccc3oc(C4CC4)nc3c2)cc1. The zero-order chi connectivity index (χ0) is 11.9. The highest BCUT2D eigenvalue weighted by Crippen LogP contribution is 2.40. The standard InChI is InChI=1S/C16H13NO/c1-2-4-11(5-3-1)13-8-9-15-14(10-13)17-16(18-15)12-6-7-12/h1-5,8-10,12H,6-7H2. The monoisotopic (exact) mass is 235 g/mol. The largest absolute Gasteiger partial charge is 0.440 e. The maximum absolute atomic E-state index is 5.77. The van der Waals surface area contributed by atoms with Crippen molar-refractivity contribution in [3.05, 3.63) is 54.4 Å². The molecular weight excluding hydrogens is 222 g/mol. The Balaban J connectivity index is 1.83. The minimum absolute atomic E-state index is 0.567. The summed E-state index contributed by atoms with van der Waals surface area (Å²) in [7, 11) is 0. The topological polar surface area (TPSA) is 26.0 Å². The van der Waals surface area contributed by atoms with Gasteiger partial charge in [0.25, 0.3) is 0 Å². The van der Waals surface area contributed by atoms with Crippen LogP contribution in [0.1, 0.15) is 24.7 Å². The maximum atomic E-state index is 5.77. The number of hydrogen-bond donors (Lipinski definition) is 0. The molecule has 1 saturated carbocycles. The summed E-state index contributed by atoms with van der Waals surface area (Å²) in [5, 5.41) is 0. The van der Waals surface area contributed by atoms with E-state index in [1.807, 2.05) is 12.1 Å². The van der Waals surface area contributed by atoms with Gasteiger partial charge in [0.15, 0.2) is 11.5 Å². The Bertz CT molecular complexity index is 695. The predicted octanol–water partition coefficient (Wildman–Crippen LogP) is 4.37. The van der Waals surface area contributed by atoms with Crippen LogP contribution in [-0.4, -0.2) is 4.98 Å². The lowest BCUT2D eigenvalue weighted by atomic mass is 10.1. The number of benzene rings is 2. The van der Waals surface area contributed by atoms with Gasteiger partial charge in [-0.1, -0.05) is 36.4 Å². The van der Waals surface area contributed by atoms with Gasteiger partial charge in [0.05, 0.1) is 0 Å². The van der Waals surface area contributed by atoms with E-state index in [9.17, 15) is 0 Å². The average molecular weight is 235 g/mol. The second-order valence-corrected chi connectivity index (χ2v) is 4.87. The normalized spacial score (nSPS) is 15.1. The zero-order valence-electron chi connectivity index (χ0n) is 9.97. The molecule has 88 valence electrons. The molecule has 1 aliphatic carbocycles. The first-order chi connectivity index (χ1) is 8.90. The fraction of sp³-hybridized carbons (Fsp3) is 0.188. The first kappa shape index (κ1) is 9.89. The first-order valence-electron chi connectivity index (χ1n) is 6.36. The van der Waals surface area contributed by atoms with Crippen molar-refractivity contribution in [3.63, 3.8) is 0 Å². The van der Waals surface area contributed by atoms with Crippen molar-refractivity contribution in [1.82, 2.24) is 4.98 Å². The van der Waals surface area contributed by atoms with Crippen LogP contribution in [0.4, 0.5) is 0 Å². The van der Waals surface area contributed by atoms with Gasteiger partial charge < -0.3 is 4.42 Å². The number of hydrogen-bond acceptors (Lipinski definition) is 2. The lowest BCUT2D eigenvalue weighted by Crippen LogP contribution is -1.78. The van der Waals surface area contributed by atoms with Gasteiger partial charge in [-0.3, -0.25) is 0 Å². The number of rotatable bonds is 2. The molecule has 2 heteroatoms. The summed E-state index contributed by atoms with van der Waals surface area (Å²) in [6, 6.07) is 16.6. The molecule has 2 aromatic carbocycles. The van der Waals surface area contributed by atoms with Gasteiger partial charge in [0.1, 0.15) is 5.52 Å². The average Bonchev–Trinajstić information content (AvgIpc) is 3.19. The number of aromatic nitrogens is 1. The predicted molar refractivity (Wildman–Crippen MR) is 71.4 cm³/mol. The molecule has 0 unspecified atom stereocenters. The minimum Gasteiger partial charge on any atom is -0.440 e. The Labute approximate surface area is 105 Å². The third kappa shape index (κ3) is 1.61. The highest BCUT2D eigenvalue weighted by Gasteiger charge is 2.28. The van der Waals surface area contributed by atoms with E-state index in [0.717, 1.165) is 17.0 Å². The Morgan fingerprint density at radius 1 is 0.944 bits per heavy atom. The molecule has 0 aliphatic heterocycles. The Morgan fingerprint density at radius 2 is 1.78 bits per heavy atom. The van der Waals surface area contributed by atoms with E-state index in [4.69, 9.17) is 4.42 Å². The van der Waals surface area contributed by atoms with Crippen LogP contribution in [0.5, 0.6) is 0 Å². The first-order valence-corrected chi connectivity index (χ1v) is 6.36. The van der Waals surface area contributed by atoms with E-state index in [2.05, 4.69) is 41.4 Å². The summed E-state index contributed by atoms with van der Waals surface area (Å²) < 4.78 is 5.77. The number of fused-ring (bicyclic) bond motifs is 1. The molecule has 0 amide bonds. The smallest absolute Gasteiger partial charge is 0.198 e. The molecule has 3 aromatic rings. The second kappa shape index (κ2) is 3.70. The fourth-order valence-corrected chi connectivity index (χ4v) is 2.26. The maximum Gasteiger partial charge on any atom is 0.198 e. The summed E-state index contributed by atoms with van der Waals surface area (Å²) in [5.74, 6) is 1.48. The summed E-state index contributed by atoms with van der Waals surface area (Å²) in [6.07, 6.45) is 2.44. The van der Waals surface area contributed by atoms with Crippen LogP contribution in [0.2, 0.25) is 0 Å². The van der Waals surface area contributed by atoms with Crippen LogP contribution in [0.3, 0.4) is 0 Å². The molecule has 0 bridgehead atoms. The van der Waals surface area contributed by atoms with Crippen LogP contribution in [0.15, 0.2) is 52.9 Å². The molecule has 1 aliphatic rings. The number of nitrogens with zero attached hydrogens (tertiary/aromatic N) is 1. The van der Waals surface area contributed by atoms with Crippen LogP contribution in [0.25, 0.3) is 22.2 Å². The molecule has 0 radical (unpaired) electrons. The van der Waals surface area contributed by atoms with Crippen molar-refractivity contribution in [3.8, 4) is 11.1 Å². The molecule has 0 N–H and O–H groups in total. The van der Waals surface area contributed by atoms with Crippen molar-refractivity contribution in [2.24, 2.45) is 0 Å². The van der Waals surface area contributed by atoms with Crippen molar-refractivity contribution < 1.29 is 4.42 Å². The van der Waals surface area contributed by atoms with Crippen molar-refractivity contribution in [2.45, 2.75) is 18.8 Å². The number of oxazole rings is 1. The highest BCUT2D eigenvalue weighted by atomic mass is 16.3. The van der Waals surface area contributed by atoms with Crippen LogP contribution in [-0.2, 0) is 0 Å². The third-order valence-electron chi connectivity index (χ3n) is 3.44. The molecule has 1 heterocycles. The second-order valence-electron chi connectivity index (χ2n) is 4.87. The highest BCUT2D eigenvalue weighted by molar-refractivity contribution is 5.80.